The van der Waals surface area contributed by atoms with Gasteiger partial charge < -0.3 is 14.8 Å². The van der Waals surface area contributed by atoms with Crippen LogP contribution in [0.4, 0.5) is 13.6 Å². The monoisotopic (exact) mass is 456 g/mol. The summed E-state index contributed by atoms with van der Waals surface area (Å²) in [6.07, 6.45) is 2.22. The molecule has 1 aliphatic carbocycles. The van der Waals surface area contributed by atoms with Gasteiger partial charge in [0, 0.05) is 23.7 Å². The predicted molar refractivity (Wildman–Crippen MR) is 121 cm³/mol. The number of halogens is 2. The summed E-state index contributed by atoms with van der Waals surface area (Å²) in [6.45, 7) is 7.01. The average Bonchev–Trinajstić information content (AvgIpc) is 3.03. The molecule has 0 unspecified atom stereocenters. The maximum Gasteiger partial charge on any atom is 0.407 e. The highest BCUT2D eigenvalue weighted by Crippen LogP contribution is 2.47. The van der Waals surface area contributed by atoms with Crippen LogP contribution in [0.15, 0.2) is 30.3 Å². The van der Waals surface area contributed by atoms with Crippen LogP contribution < -0.4 is 10.1 Å². The number of ether oxygens (including phenoxy) is 2. The molecule has 33 heavy (non-hydrogen) atoms. The summed E-state index contributed by atoms with van der Waals surface area (Å²) in [5.74, 6) is -0.261. The number of hydrogen-bond donors (Lipinski definition) is 1. The fourth-order valence-corrected chi connectivity index (χ4v) is 5.72. The highest BCUT2D eigenvalue weighted by atomic mass is 19.1. The molecule has 3 saturated heterocycles. The molecule has 2 bridgehead atoms. The van der Waals surface area contributed by atoms with Crippen LogP contribution in [-0.2, 0) is 11.2 Å². The molecule has 3 heterocycles. The molecular formula is C26H30F2N2O3. The van der Waals surface area contributed by atoms with Crippen LogP contribution >= 0.6 is 0 Å². The average molecular weight is 457 g/mol. The second-order valence-corrected chi connectivity index (χ2v) is 10.2. The summed E-state index contributed by atoms with van der Waals surface area (Å²) < 4.78 is 40.7. The van der Waals surface area contributed by atoms with E-state index in [1.807, 2.05) is 13.8 Å². The lowest BCUT2D eigenvalue weighted by molar-refractivity contribution is -0.0349. The van der Waals surface area contributed by atoms with Crippen molar-refractivity contribution in [3.63, 3.8) is 0 Å². The molecule has 2 aromatic carbocycles. The Morgan fingerprint density at radius 3 is 2.45 bits per heavy atom. The first kappa shape index (κ1) is 22.1. The van der Waals surface area contributed by atoms with E-state index in [0.717, 1.165) is 43.6 Å². The summed E-state index contributed by atoms with van der Waals surface area (Å²) in [5.41, 5.74) is 1.69. The number of nitrogens with one attached hydrogen (secondary N) is 1. The zero-order chi connectivity index (χ0) is 23.3. The highest BCUT2D eigenvalue weighted by Gasteiger charge is 2.42. The molecule has 0 radical (unpaired) electrons. The fraction of sp³-hybridized carbons (Fsp3) is 0.500. The second-order valence-electron chi connectivity index (χ2n) is 10.2. The minimum atomic E-state index is -0.541. The smallest absolute Gasteiger partial charge is 0.407 e. The standard InChI is InChI=1S/C26H30F2N2O3/c1-26(2)13-16-10-20(18-5-4-17(32-3)11-21(18)27)22(28)12-19(16)24(26)29-25(31)33-23-14-30-8-6-15(23)7-9-30/h4-5,10-12,15,23-24H,6-9,13-14H2,1-3H3,(H,29,31)/t23-,24+/m1/s1. The van der Waals surface area contributed by atoms with Crippen molar-refractivity contribution in [1.82, 2.24) is 10.2 Å². The molecule has 4 aliphatic rings. The van der Waals surface area contributed by atoms with Crippen molar-refractivity contribution >= 4 is 6.09 Å². The fourth-order valence-electron chi connectivity index (χ4n) is 5.72. The lowest BCUT2D eigenvalue weighted by Crippen LogP contribution is -2.53. The van der Waals surface area contributed by atoms with E-state index in [9.17, 15) is 9.18 Å². The molecule has 3 fully saturated rings. The summed E-state index contributed by atoms with van der Waals surface area (Å²) in [5, 5.41) is 3.01. The first-order valence-electron chi connectivity index (χ1n) is 11.6. The number of methoxy groups -OCH3 is 1. The number of benzene rings is 2. The van der Waals surface area contributed by atoms with Gasteiger partial charge in [-0.25, -0.2) is 13.6 Å². The van der Waals surface area contributed by atoms with Gasteiger partial charge in [0.05, 0.1) is 13.2 Å². The van der Waals surface area contributed by atoms with E-state index in [2.05, 4.69) is 10.2 Å². The number of alkyl carbamates (subject to hydrolysis) is 1. The molecule has 0 aromatic heterocycles. The SMILES string of the molecule is COc1ccc(-c2cc3c(cc2F)[C@H](NC(=O)O[C@@H]2CN4CCC2CC4)C(C)(C)C3)c(F)c1. The molecule has 5 nitrogen and oxygen atoms in total. The molecule has 1 N–H and O–H groups in total. The normalized spacial score (nSPS) is 27.2. The number of nitrogens with zero attached hydrogens (tertiary/aromatic N) is 1. The van der Waals surface area contributed by atoms with Crippen LogP contribution in [0.25, 0.3) is 11.1 Å². The van der Waals surface area contributed by atoms with E-state index in [4.69, 9.17) is 9.47 Å². The lowest BCUT2D eigenvalue weighted by Gasteiger charge is -2.44. The molecule has 176 valence electrons. The molecule has 3 aliphatic heterocycles. The minimum absolute atomic E-state index is 0.0892. The number of fused-ring (bicyclic) bond motifs is 4. The molecule has 1 amide bonds. The van der Waals surface area contributed by atoms with Crippen LogP contribution in [0.1, 0.15) is 43.9 Å². The van der Waals surface area contributed by atoms with Crippen LogP contribution in [0.3, 0.4) is 0 Å². The van der Waals surface area contributed by atoms with Gasteiger partial charge in [-0.3, -0.25) is 4.90 Å². The van der Waals surface area contributed by atoms with Gasteiger partial charge in [0.25, 0.3) is 0 Å². The molecule has 0 saturated carbocycles. The van der Waals surface area contributed by atoms with Crippen molar-refractivity contribution in [3.05, 3.63) is 53.1 Å². The Bertz CT molecular complexity index is 1080. The van der Waals surface area contributed by atoms with E-state index in [1.54, 1.807) is 12.1 Å². The Labute approximate surface area is 193 Å². The highest BCUT2D eigenvalue weighted by molar-refractivity contribution is 5.71. The van der Waals surface area contributed by atoms with Crippen LogP contribution in [0, 0.1) is 23.0 Å². The van der Waals surface area contributed by atoms with Crippen molar-refractivity contribution in [2.45, 2.75) is 45.3 Å². The van der Waals surface area contributed by atoms with Gasteiger partial charge in [-0.15, -0.1) is 0 Å². The Morgan fingerprint density at radius 1 is 1.09 bits per heavy atom. The lowest BCUT2D eigenvalue weighted by atomic mass is 9.85. The summed E-state index contributed by atoms with van der Waals surface area (Å²) in [4.78, 5) is 15.1. The Kier molecular flexibility index (Phi) is 5.55. The maximum absolute atomic E-state index is 15.2. The Morgan fingerprint density at radius 2 is 1.82 bits per heavy atom. The topological polar surface area (TPSA) is 50.8 Å². The quantitative estimate of drug-likeness (QED) is 0.697. The molecule has 0 spiro atoms. The number of amides is 1. The van der Waals surface area contributed by atoms with Gasteiger partial charge >= 0.3 is 6.09 Å². The van der Waals surface area contributed by atoms with Gasteiger partial charge in [-0.05, 0) is 79.1 Å². The van der Waals surface area contributed by atoms with Crippen LogP contribution in [0.5, 0.6) is 5.75 Å². The van der Waals surface area contributed by atoms with Gasteiger partial charge in [-0.2, -0.15) is 0 Å². The summed E-state index contributed by atoms with van der Waals surface area (Å²) >= 11 is 0. The van der Waals surface area contributed by atoms with Gasteiger partial charge in [-0.1, -0.05) is 13.8 Å². The molecular weight excluding hydrogens is 426 g/mol. The molecule has 2 atom stereocenters. The third kappa shape index (κ3) is 4.07. The number of carbonyl (C=O) groups is 1. The zero-order valence-electron chi connectivity index (χ0n) is 19.3. The van der Waals surface area contributed by atoms with Crippen molar-refractivity contribution in [2.75, 3.05) is 26.7 Å². The largest absolute Gasteiger partial charge is 0.497 e. The summed E-state index contributed by atoms with van der Waals surface area (Å²) in [6, 6.07) is 7.15. The number of rotatable bonds is 4. The Balaban J connectivity index is 1.38. The predicted octanol–water partition coefficient (Wildman–Crippen LogP) is 5.08. The minimum Gasteiger partial charge on any atom is -0.497 e. The van der Waals surface area contributed by atoms with E-state index < -0.39 is 17.7 Å². The Hall–Kier alpha value is -2.67. The van der Waals surface area contributed by atoms with Crippen molar-refractivity contribution in [3.8, 4) is 16.9 Å². The number of hydrogen-bond acceptors (Lipinski definition) is 4. The van der Waals surface area contributed by atoms with E-state index in [-0.39, 0.29) is 28.7 Å². The summed E-state index contributed by atoms with van der Waals surface area (Å²) in [7, 11) is 1.46. The molecule has 6 rings (SSSR count). The van der Waals surface area contributed by atoms with Crippen LogP contribution in [-0.4, -0.2) is 43.8 Å². The van der Waals surface area contributed by atoms with Gasteiger partial charge in [0.2, 0.25) is 0 Å². The second kappa shape index (κ2) is 8.28. The zero-order valence-corrected chi connectivity index (χ0v) is 19.3. The van der Waals surface area contributed by atoms with Gasteiger partial charge in [0.1, 0.15) is 23.5 Å². The van der Waals surface area contributed by atoms with E-state index >= 15 is 4.39 Å². The van der Waals surface area contributed by atoms with Crippen molar-refractivity contribution < 1.29 is 23.0 Å². The maximum atomic E-state index is 15.2. The van der Waals surface area contributed by atoms with Crippen molar-refractivity contribution in [1.29, 1.82) is 0 Å². The van der Waals surface area contributed by atoms with Crippen LogP contribution in [0.2, 0.25) is 0 Å². The third-order valence-corrected chi connectivity index (χ3v) is 7.55. The first-order valence-corrected chi connectivity index (χ1v) is 11.6. The van der Waals surface area contributed by atoms with E-state index in [0.29, 0.717) is 18.1 Å². The van der Waals surface area contributed by atoms with Crippen molar-refractivity contribution in [2.24, 2.45) is 11.3 Å². The van der Waals surface area contributed by atoms with Gasteiger partial charge in [0.15, 0.2) is 0 Å². The van der Waals surface area contributed by atoms with E-state index in [1.165, 1.54) is 25.3 Å². The number of piperidine rings is 3. The third-order valence-electron chi connectivity index (χ3n) is 7.55. The number of carbonyl (C=O) groups excluding carboxylic acids is 1. The molecule has 2 aromatic rings. The molecule has 7 heteroatoms. The first-order chi connectivity index (χ1) is 15.7.